The zero-order valence-corrected chi connectivity index (χ0v) is 14.4. The molecule has 1 aliphatic rings. The van der Waals surface area contributed by atoms with E-state index in [4.69, 9.17) is 16.3 Å². The van der Waals surface area contributed by atoms with Gasteiger partial charge in [0.1, 0.15) is 5.75 Å². The highest BCUT2D eigenvalue weighted by molar-refractivity contribution is 6.34. The highest BCUT2D eigenvalue weighted by Gasteiger charge is 2.26. The lowest BCUT2D eigenvalue weighted by molar-refractivity contribution is 0.0664. The van der Waals surface area contributed by atoms with Gasteiger partial charge in [0, 0.05) is 32.2 Å². The molecule has 0 aliphatic carbocycles. The predicted octanol–water partition coefficient (Wildman–Crippen LogP) is 2.22. The maximum Gasteiger partial charge on any atom is 0.317 e. The summed E-state index contributed by atoms with van der Waals surface area (Å²) >= 11 is 6.16. The summed E-state index contributed by atoms with van der Waals surface area (Å²) in [5, 5.41) is 3.23. The van der Waals surface area contributed by atoms with E-state index in [0.29, 0.717) is 42.5 Å². The standard InChI is InChI=1S/C16H22ClN3O3/c1-11(2)18-16(22)20-8-6-19(7-9-20)15(21)13-5-4-12(23-3)10-14(13)17/h4-5,10-11H,6-9H2,1-3H3,(H,18,22). The Morgan fingerprint density at radius 3 is 2.30 bits per heavy atom. The maximum absolute atomic E-state index is 12.6. The van der Waals surface area contributed by atoms with Crippen molar-refractivity contribution in [3.63, 3.8) is 0 Å². The molecule has 0 saturated carbocycles. The van der Waals surface area contributed by atoms with E-state index in [-0.39, 0.29) is 18.0 Å². The number of halogens is 1. The van der Waals surface area contributed by atoms with Gasteiger partial charge in [0.25, 0.3) is 5.91 Å². The van der Waals surface area contributed by atoms with E-state index in [1.54, 1.807) is 35.1 Å². The van der Waals surface area contributed by atoms with Crippen LogP contribution in [0.25, 0.3) is 0 Å². The van der Waals surface area contributed by atoms with Crippen molar-refractivity contribution in [3.05, 3.63) is 28.8 Å². The summed E-state index contributed by atoms with van der Waals surface area (Å²) in [6.45, 7) is 5.85. The number of urea groups is 1. The Labute approximate surface area is 141 Å². The maximum atomic E-state index is 12.6. The van der Waals surface area contributed by atoms with Crippen LogP contribution in [0.2, 0.25) is 5.02 Å². The van der Waals surface area contributed by atoms with Crippen LogP contribution in [0.3, 0.4) is 0 Å². The molecule has 0 atom stereocenters. The Balaban J connectivity index is 1.97. The largest absolute Gasteiger partial charge is 0.497 e. The molecule has 0 aromatic heterocycles. The number of carbonyl (C=O) groups is 2. The fourth-order valence-corrected chi connectivity index (χ4v) is 2.67. The second kappa shape index (κ2) is 7.55. The van der Waals surface area contributed by atoms with E-state index in [1.807, 2.05) is 13.8 Å². The van der Waals surface area contributed by atoms with Crippen LogP contribution in [0.1, 0.15) is 24.2 Å². The van der Waals surface area contributed by atoms with Crippen LogP contribution in [-0.4, -0.2) is 61.1 Å². The summed E-state index contributed by atoms with van der Waals surface area (Å²) in [5.74, 6) is 0.489. The normalized spacial score (nSPS) is 14.8. The Morgan fingerprint density at radius 2 is 1.78 bits per heavy atom. The molecule has 1 aromatic carbocycles. The number of rotatable bonds is 3. The zero-order chi connectivity index (χ0) is 17.0. The SMILES string of the molecule is COc1ccc(C(=O)N2CCN(C(=O)NC(C)C)CC2)c(Cl)c1. The summed E-state index contributed by atoms with van der Waals surface area (Å²) in [4.78, 5) is 27.9. The quantitative estimate of drug-likeness (QED) is 0.918. The van der Waals surface area contributed by atoms with Crippen LogP contribution in [0.4, 0.5) is 4.79 Å². The van der Waals surface area contributed by atoms with Crippen molar-refractivity contribution in [1.82, 2.24) is 15.1 Å². The van der Waals surface area contributed by atoms with E-state index >= 15 is 0 Å². The van der Waals surface area contributed by atoms with Crippen molar-refractivity contribution in [2.45, 2.75) is 19.9 Å². The van der Waals surface area contributed by atoms with Crippen molar-refractivity contribution < 1.29 is 14.3 Å². The van der Waals surface area contributed by atoms with Crippen molar-refractivity contribution in [2.24, 2.45) is 0 Å². The number of piperazine rings is 1. The molecule has 3 amide bonds. The van der Waals surface area contributed by atoms with E-state index in [0.717, 1.165) is 0 Å². The van der Waals surface area contributed by atoms with Crippen molar-refractivity contribution in [1.29, 1.82) is 0 Å². The molecule has 0 spiro atoms. The molecule has 1 aromatic rings. The number of hydrogen-bond acceptors (Lipinski definition) is 3. The topological polar surface area (TPSA) is 61.9 Å². The van der Waals surface area contributed by atoms with Crippen molar-refractivity contribution >= 4 is 23.5 Å². The molecule has 2 rings (SSSR count). The summed E-state index contributed by atoms with van der Waals surface area (Å²) in [6, 6.07) is 5.02. The average molecular weight is 340 g/mol. The molecule has 7 heteroatoms. The Morgan fingerprint density at radius 1 is 1.17 bits per heavy atom. The smallest absolute Gasteiger partial charge is 0.317 e. The van der Waals surface area contributed by atoms with Gasteiger partial charge in [-0.05, 0) is 32.0 Å². The molecule has 1 aliphatic heterocycles. The second-order valence-electron chi connectivity index (χ2n) is 5.73. The van der Waals surface area contributed by atoms with Gasteiger partial charge in [-0.3, -0.25) is 4.79 Å². The molecular weight excluding hydrogens is 318 g/mol. The first kappa shape index (κ1) is 17.4. The van der Waals surface area contributed by atoms with E-state index in [2.05, 4.69) is 5.32 Å². The molecular formula is C16H22ClN3O3. The lowest BCUT2D eigenvalue weighted by Crippen LogP contribution is -2.54. The van der Waals surface area contributed by atoms with Crippen molar-refractivity contribution in [3.8, 4) is 5.75 Å². The van der Waals surface area contributed by atoms with Crippen LogP contribution in [0.5, 0.6) is 5.75 Å². The summed E-state index contributed by atoms with van der Waals surface area (Å²) in [7, 11) is 1.55. The number of ether oxygens (including phenoxy) is 1. The lowest BCUT2D eigenvalue weighted by Gasteiger charge is -2.35. The van der Waals surface area contributed by atoms with Gasteiger partial charge >= 0.3 is 6.03 Å². The highest BCUT2D eigenvalue weighted by Crippen LogP contribution is 2.24. The first-order chi connectivity index (χ1) is 10.9. The third-order valence-electron chi connectivity index (χ3n) is 3.67. The van der Waals surface area contributed by atoms with Gasteiger partial charge in [0.05, 0.1) is 17.7 Å². The highest BCUT2D eigenvalue weighted by atomic mass is 35.5. The van der Waals surface area contributed by atoms with Crippen LogP contribution in [-0.2, 0) is 0 Å². The lowest BCUT2D eigenvalue weighted by atomic mass is 10.1. The Bertz CT molecular complexity index is 584. The fourth-order valence-electron chi connectivity index (χ4n) is 2.42. The first-order valence-corrected chi connectivity index (χ1v) is 7.98. The number of nitrogens with one attached hydrogen (secondary N) is 1. The summed E-state index contributed by atoms with van der Waals surface area (Å²) in [5.41, 5.74) is 0.451. The molecule has 6 nitrogen and oxygen atoms in total. The van der Waals surface area contributed by atoms with Crippen molar-refractivity contribution in [2.75, 3.05) is 33.3 Å². The average Bonchev–Trinajstić information content (AvgIpc) is 2.53. The third-order valence-corrected chi connectivity index (χ3v) is 3.99. The number of nitrogens with zero attached hydrogens (tertiary/aromatic N) is 2. The number of amides is 3. The van der Waals surface area contributed by atoms with E-state index < -0.39 is 0 Å². The van der Waals surface area contributed by atoms with Crippen LogP contribution < -0.4 is 10.1 Å². The van der Waals surface area contributed by atoms with E-state index in [9.17, 15) is 9.59 Å². The number of methoxy groups -OCH3 is 1. The fraction of sp³-hybridized carbons (Fsp3) is 0.500. The molecule has 126 valence electrons. The van der Waals surface area contributed by atoms with Gasteiger partial charge in [0.15, 0.2) is 0 Å². The Hall–Kier alpha value is -1.95. The molecule has 0 unspecified atom stereocenters. The molecule has 1 saturated heterocycles. The molecule has 23 heavy (non-hydrogen) atoms. The number of hydrogen-bond donors (Lipinski definition) is 1. The van der Waals surface area contributed by atoms with Crippen LogP contribution in [0.15, 0.2) is 18.2 Å². The molecule has 0 bridgehead atoms. The second-order valence-corrected chi connectivity index (χ2v) is 6.14. The number of benzene rings is 1. The first-order valence-electron chi connectivity index (χ1n) is 7.60. The molecule has 0 radical (unpaired) electrons. The predicted molar refractivity (Wildman–Crippen MR) is 89.1 cm³/mol. The van der Waals surface area contributed by atoms with Gasteiger partial charge in [-0.1, -0.05) is 11.6 Å². The van der Waals surface area contributed by atoms with Gasteiger partial charge in [-0.2, -0.15) is 0 Å². The minimum atomic E-state index is -0.124. The van der Waals surface area contributed by atoms with Crippen LogP contribution >= 0.6 is 11.6 Å². The van der Waals surface area contributed by atoms with E-state index in [1.165, 1.54) is 0 Å². The van der Waals surface area contributed by atoms with Gasteiger partial charge < -0.3 is 19.9 Å². The molecule has 1 heterocycles. The summed E-state index contributed by atoms with van der Waals surface area (Å²) < 4.78 is 5.09. The van der Waals surface area contributed by atoms with Gasteiger partial charge in [0.2, 0.25) is 0 Å². The molecule has 1 N–H and O–H groups in total. The minimum Gasteiger partial charge on any atom is -0.497 e. The molecule has 1 fully saturated rings. The Kier molecular flexibility index (Phi) is 5.71. The minimum absolute atomic E-state index is 0.0884. The van der Waals surface area contributed by atoms with Gasteiger partial charge in [-0.15, -0.1) is 0 Å². The summed E-state index contributed by atoms with van der Waals surface area (Å²) in [6.07, 6.45) is 0. The zero-order valence-electron chi connectivity index (χ0n) is 13.6. The number of carbonyl (C=O) groups excluding carboxylic acids is 2. The third kappa shape index (κ3) is 4.28. The van der Waals surface area contributed by atoms with Gasteiger partial charge in [-0.25, -0.2) is 4.79 Å². The van der Waals surface area contributed by atoms with Crippen LogP contribution in [0, 0.1) is 0 Å². The monoisotopic (exact) mass is 339 g/mol.